The van der Waals surface area contributed by atoms with Crippen LogP contribution in [0.15, 0.2) is 24.3 Å². The Kier molecular flexibility index (Phi) is 5.65. The lowest BCUT2D eigenvalue weighted by Crippen LogP contribution is -2.36. The number of anilines is 1. The molecule has 1 rings (SSSR count). The van der Waals surface area contributed by atoms with Crippen molar-refractivity contribution in [3.8, 4) is 0 Å². The Hall–Kier alpha value is -1.55. The van der Waals surface area contributed by atoms with Crippen LogP contribution < -0.4 is 5.73 Å². The summed E-state index contributed by atoms with van der Waals surface area (Å²) in [5.74, 6) is 0.123. The molecule has 0 aliphatic rings. The van der Waals surface area contributed by atoms with E-state index >= 15 is 0 Å². The van der Waals surface area contributed by atoms with Crippen LogP contribution in [0.5, 0.6) is 0 Å². The van der Waals surface area contributed by atoms with Gasteiger partial charge < -0.3 is 10.6 Å². The second-order valence-electron chi connectivity index (χ2n) is 4.70. The first kappa shape index (κ1) is 14.5. The molecule has 0 saturated heterocycles. The van der Waals surface area contributed by atoms with Gasteiger partial charge in [-0.15, -0.1) is 0 Å². The molecule has 100 valence electrons. The number of para-hydroxylation sites is 1. The van der Waals surface area contributed by atoms with Gasteiger partial charge in [-0.25, -0.2) is 0 Å². The Morgan fingerprint density at radius 1 is 1.28 bits per heavy atom. The Bertz CT molecular complexity index is 390. The standard InChI is InChI=1S/C14H23N3O/c1-4-9-17(11-14(18)16(2)3)10-12-7-5-6-8-13(12)15/h5-8H,4,9-11,15H2,1-3H3. The molecule has 0 spiro atoms. The Balaban J connectivity index is 2.68. The number of nitrogens with zero attached hydrogens (tertiary/aromatic N) is 2. The molecule has 1 aromatic rings. The maximum atomic E-state index is 11.8. The molecular formula is C14H23N3O. The average Bonchev–Trinajstić information content (AvgIpc) is 2.32. The number of carbonyl (C=O) groups is 1. The van der Waals surface area contributed by atoms with Crippen LogP contribution >= 0.6 is 0 Å². The molecule has 0 heterocycles. The Morgan fingerprint density at radius 3 is 2.50 bits per heavy atom. The number of amides is 1. The fraction of sp³-hybridized carbons (Fsp3) is 0.500. The summed E-state index contributed by atoms with van der Waals surface area (Å²) in [5, 5.41) is 0. The van der Waals surface area contributed by atoms with Gasteiger partial charge in [0.15, 0.2) is 0 Å². The fourth-order valence-corrected chi connectivity index (χ4v) is 1.78. The predicted molar refractivity (Wildman–Crippen MR) is 75.1 cm³/mol. The normalized spacial score (nSPS) is 10.7. The Morgan fingerprint density at radius 2 is 1.94 bits per heavy atom. The highest BCUT2D eigenvalue weighted by Gasteiger charge is 2.12. The lowest BCUT2D eigenvalue weighted by molar-refractivity contribution is -0.130. The van der Waals surface area contributed by atoms with Gasteiger partial charge in [0.1, 0.15) is 0 Å². The zero-order valence-electron chi connectivity index (χ0n) is 11.5. The van der Waals surface area contributed by atoms with Crippen LogP contribution in [0.3, 0.4) is 0 Å². The van der Waals surface area contributed by atoms with Crippen molar-refractivity contribution < 1.29 is 4.79 Å². The van der Waals surface area contributed by atoms with E-state index in [2.05, 4.69) is 11.8 Å². The second kappa shape index (κ2) is 7.01. The first-order chi connectivity index (χ1) is 8.54. The summed E-state index contributed by atoms with van der Waals surface area (Å²) in [6.45, 7) is 4.17. The lowest BCUT2D eigenvalue weighted by Gasteiger charge is -2.23. The lowest BCUT2D eigenvalue weighted by atomic mass is 10.1. The summed E-state index contributed by atoms with van der Waals surface area (Å²) in [6.07, 6.45) is 1.02. The number of hydrogen-bond acceptors (Lipinski definition) is 3. The minimum atomic E-state index is 0.123. The van der Waals surface area contributed by atoms with Crippen molar-refractivity contribution in [2.45, 2.75) is 19.9 Å². The summed E-state index contributed by atoms with van der Waals surface area (Å²) < 4.78 is 0. The molecular weight excluding hydrogens is 226 g/mol. The fourth-order valence-electron chi connectivity index (χ4n) is 1.78. The highest BCUT2D eigenvalue weighted by Crippen LogP contribution is 2.13. The molecule has 18 heavy (non-hydrogen) atoms. The maximum Gasteiger partial charge on any atom is 0.236 e. The third-order valence-electron chi connectivity index (χ3n) is 2.85. The van der Waals surface area contributed by atoms with E-state index < -0.39 is 0 Å². The van der Waals surface area contributed by atoms with Gasteiger partial charge in [-0.2, -0.15) is 0 Å². The smallest absolute Gasteiger partial charge is 0.236 e. The van der Waals surface area contributed by atoms with E-state index in [-0.39, 0.29) is 5.91 Å². The van der Waals surface area contributed by atoms with Crippen LogP contribution in [0.4, 0.5) is 5.69 Å². The molecule has 0 radical (unpaired) electrons. The predicted octanol–water partition coefficient (Wildman–Crippen LogP) is 1.57. The minimum absolute atomic E-state index is 0.123. The second-order valence-corrected chi connectivity index (χ2v) is 4.70. The minimum Gasteiger partial charge on any atom is -0.398 e. The van der Waals surface area contributed by atoms with Crippen molar-refractivity contribution in [3.63, 3.8) is 0 Å². The number of carbonyl (C=O) groups excluding carboxylic acids is 1. The zero-order chi connectivity index (χ0) is 13.5. The molecule has 0 aliphatic carbocycles. The SMILES string of the molecule is CCCN(CC(=O)N(C)C)Cc1ccccc1N. The van der Waals surface area contributed by atoms with Crippen LogP contribution in [0.1, 0.15) is 18.9 Å². The van der Waals surface area contributed by atoms with Crippen molar-refractivity contribution in [3.05, 3.63) is 29.8 Å². The molecule has 0 aromatic heterocycles. The van der Waals surface area contributed by atoms with E-state index in [4.69, 9.17) is 5.73 Å². The molecule has 0 atom stereocenters. The molecule has 4 nitrogen and oxygen atoms in total. The van der Waals surface area contributed by atoms with Gasteiger partial charge in [-0.1, -0.05) is 25.1 Å². The van der Waals surface area contributed by atoms with Crippen LogP contribution in [-0.4, -0.2) is 42.9 Å². The molecule has 2 N–H and O–H groups in total. The highest BCUT2D eigenvalue weighted by atomic mass is 16.2. The monoisotopic (exact) mass is 249 g/mol. The van der Waals surface area contributed by atoms with Crippen LogP contribution in [0, 0.1) is 0 Å². The summed E-state index contributed by atoms with van der Waals surface area (Å²) in [7, 11) is 3.56. The molecule has 1 aromatic carbocycles. The number of nitrogens with two attached hydrogens (primary N) is 1. The maximum absolute atomic E-state index is 11.8. The number of nitrogen functional groups attached to an aromatic ring is 1. The van der Waals surface area contributed by atoms with Crippen molar-refractivity contribution in [2.75, 3.05) is 32.9 Å². The largest absolute Gasteiger partial charge is 0.398 e. The van der Waals surface area contributed by atoms with Gasteiger partial charge in [-0.3, -0.25) is 9.69 Å². The van der Waals surface area contributed by atoms with Crippen molar-refractivity contribution in [1.29, 1.82) is 0 Å². The van der Waals surface area contributed by atoms with E-state index in [0.29, 0.717) is 6.54 Å². The van der Waals surface area contributed by atoms with E-state index in [1.165, 1.54) is 0 Å². The van der Waals surface area contributed by atoms with Gasteiger partial charge >= 0.3 is 0 Å². The van der Waals surface area contributed by atoms with E-state index in [9.17, 15) is 4.79 Å². The summed E-state index contributed by atoms with van der Waals surface area (Å²) in [4.78, 5) is 15.5. The van der Waals surface area contributed by atoms with E-state index in [0.717, 1.165) is 30.8 Å². The molecule has 1 amide bonds. The zero-order valence-corrected chi connectivity index (χ0v) is 11.5. The number of hydrogen-bond donors (Lipinski definition) is 1. The van der Waals surface area contributed by atoms with Gasteiger partial charge in [0, 0.05) is 26.3 Å². The molecule has 0 saturated carbocycles. The summed E-state index contributed by atoms with van der Waals surface area (Å²) in [5.41, 5.74) is 7.80. The van der Waals surface area contributed by atoms with Gasteiger partial charge in [0.25, 0.3) is 0 Å². The molecule has 4 heteroatoms. The van der Waals surface area contributed by atoms with Crippen LogP contribution in [0.25, 0.3) is 0 Å². The third kappa shape index (κ3) is 4.37. The number of benzene rings is 1. The van der Waals surface area contributed by atoms with Crippen molar-refractivity contribution in [1.82, 2.24) is 9.80 Å². The van der Waals surface area contributed by atoms with E-state index in [1.54, 1.807) is 19.0 Å². The topological polar surface area (TPSA) is 49.6 Å². The molecule has 0 bridgehead atoms. The molecule has 0 fully saturated rings. The van der Waals surface area contributed by atoms with Gasteiger partial charge in [-0.05, 0) is 24.6 Å². The van der Waals surface area contributed by atoms with Crippen LogP contribution in [-0.2, 0) is 11.3 Å². The van der Waals surface area contributed by atoms with E-state index in [1.807, 2.05) is 24.3 Å². The summed E-state index contributed by atoms with van der Waals surface area (Å²) in [6, 6.07) is 7.81. The van der Waals surface area contributed by atoms with Crippen molar-refractivity contribution in [2.24, 2.45) is 0 Å². The first-order valence-corrected chi connectivity index (χ1v) is 6.30. The molecule has 0 aliphatic heterocycles. The highest BCUT2D eigenvalue weighted by molar-refractivity contribution is 5.77. The summed E-state index contributed by atoms with van der Waals surface area (Å²) >= 11 is 0. The molecule has 0 unspecified atom stereocenters. The average molecular weight is 249 g/mol. The third-order valence-corrected chi connectivity index (χ3v) is 2.85. The van der Waals surface area contributed by atoms with Gasteiger partial charge in [0.05, 0.1) is 6.54 Å². The van der Waals surface area contributed by atoms with Gasteiger partial charge in [0.2, 0.25) is 5.91 Å². The van der Waals surface area contributed by atoms with Crippen LogP contribution in [0.2, 0.25) is 0 Å². The Labute approximate surface area is 109 Å². The quantitative estimate of drug-likeness (QED) is 0.779. The first-order valence-electron chi connectivity index (χ1n) is 6.30. The number of likely N-dealkylation sites (N-methyl/N-ethyl adjacent to an activating group) is 1. The number of rotatable bonds is 6. The van der Waals surface area contributed by atoms with Crippen molar-refractivity contribution >= 4 is 11.6 Å².